The van der Waals surface area contributed by atoms with E-state index in [0.29, 0.717) is 51.6 Å². The highest BCUT2D eigenvalue weighted by atomic mass is 79.9. The molecule has 158 valence electrons. The second-order valence-electron chi connectivity index (χ2n) is 6.51. The van der Waals surface area contributed by atoms with Gasteiger partial charge in [-0.2, -0.15) is 0 Å². The fourth-order valence-corrected chi connectivity index (χ4v) is 4.36. The Kier molecular flexibility index (Phi) is 7.55. The van der Waals surface area contributed by atoms with Crippen LogP contribution in [0.25, 0.3) is 6.08 Å². The van der Waals surface area contributed by atoms with Crippen molar-refractivity contribution in [3.8, 4) is 11.5 Å². The van der Waals surface area contributed by atoms with Crippen molar-refractivity contribution in [3.05, 3.63) is 62.7 Å². The van der Waals surface area contributed by atoms with Crippen molar-refractivity contribution in [3.63, 3.8) is 0 Å². The number of carbonyl (C=O) groups is 2. The van der Waals surface area contributed by atoms with Crippen LogP contribution in [0.2, 0.25) is 0 Å². The van der Waals surface area contributed by atoms with Gasteiger partial charge in [0, 0.05) is 6.54 Å². The maximum Gasteiger partial charge on any atom is 0.293 e. The predicted octanol–water partition coefficient (Wildman–Crippen LogP) is 6.01. The molecule has 1 fully saturated rings. The SMILES string of the molecule is CCCN1C(=O)S/C(=C/c2cc(Br)c(OCc3cccc(F)c3)c(OCC)c2)C1=O. The number of hydrogen-bond acceptors (Lipinski definition) is 5. The second-order valence-corrected chi connectivity index (χ2v) is 8.36. The number of amides is 2. The molecular weight excluding hydrogens is 473 g/mol. The van der Waals surface area contributed by atoms with Gasteiger partial charge in [-0.05, 0) is 82.5 Å². The molecule has 5 nitrogen and oxygen atoms in total. The summed E-state index contributed by atoms with van der Waals surface area (Å²) in [5, 5.41) is -0.257. The van der Waals surface area contributed by atoms with Crippen molar-refractivity contribution in [2.45, 2.75) is 26.9 Å². The molecule has 2 amide bonds. The van der Waals surface area contributed by atoms with E-state index >= 15 is 0 Å². The van der Waals surface area contributed by atoms with Gasteiger partial charge < -0.3 is 9.47 Å². The Hall–Kier alpha value is -2.32. The molecule has 8 heteroatoms. The van der Waals surface area contributed by atoms with Gasteiger partial charge in [0.05, 0.1) is 16.0 Å². The van der Waals surface area contributed by atoms with Gasteiger partial charge in [0.1, 0.15) is 12.4 Å². The standard InChI is InChI=1S/C22H21BrFNO4S/c1-3-8-25-21(26)19(30-22(25)27)12-15-10-17(23)20(18(11-15)28-4-2)29-13-14-6-5-7-16(24)9-14/h5-7,9-12H,3-4,8,13H2,1-2H3/b19-12+. The van der Waals surface area contributed by atoms with Crippen molar-refractivity contribution < 1.29 is 23.5 Å². The minimum atomic E-state index is -0.326. The predicted molar refractivity (Wildman–Crippen MR) is 119 cm³/mol. The highest BCUT2D eigenvalue weighted by Gasteiger charge is 2.34. The Labute approximate surface area is 187 Å². The summed E-state index contributed by atoms with van der Waals surface area (Å²) in [6, 6.07) is 9.73. The summed E-state index contributed by atoms with van der Waals surface area (Å²) in [6.45, 7) is 4.77. The first kappa shape index (κ1) is 22.4. The zero-order chi connectivity index (χ0) is 21.7. The van der Waals surface area contributed by atoms with Crippen LogP contribution >= 0.6 is 27.7 Å². The fourth-order valence-electron chi connectivity index (χ4n) is 2.92. The summed E-state index contributed by atoms with van der Waals surface area (Å²) in [4.78, 5) is 26.2. The van der Waals surface area contributed by atoms with E-state index in [9.17, 15) is 14.0 Å². The molecule has 1 saturated heterocycles. The molecule has 0 radical (unpaired) electrons. The number of thioether (sulfide) groups is 1. The average Bonchev–Trinajstić information content (AvgIpc) is 2.95. The van der Waals surface area contributed by atoms with Gasteiger partial charge in [0.2, 0.25) is 0 Å². The molecule has 0 spiro atoms. The summed E-state index contributed by atoms with van der Waals surface area (Å²) in [5.41, 5.74) is 1.39. The number of hydrogen-bond donors (Lipinski definition) is 0. The molecule has 0 atom stereocenters. The molecule has 0 unspecified atom stereocenters. The number of halogens is 2. The van der Waals surface area contributed by atoms with Crippen molar-refractivity contribution in [2.75, 3.05) is 13.2 Å². The lowest BCUT2D eigenvalue weighted by molar-refractivity contribution is -0.122. The van der Waals surface area contributed by atoms with E-state index in [0.717, 1.165) is 11.8 Å². The number of nitrogens with zero attached hydrogens (tertiary/aromatic N) is 1. The molecule has 2 aromatic rings. The van der Waals surface area contributed by atoms with Crippen LogP contribution in [0.15, 0.2) is 45.8 Å². The molecule has 0 N–H and O–H groups in total. The zero-order valence-electron chi connectivity index (χ0n) is 16.6. The van der Waals surface area contributed by atoms with Crippen molar-refractivity contribution in [1.82, 2.24) is 4.90 Å². The molecule has 0 aliphatic carbocycles. The van der Waals surface area contributed by atoms with Gasteiger partial charge in [-0.15, -0.1) is 0 Å². The summed E-state index contributed by atoms with van der Waals surface area (Å²) in [6.07, 6.45) is 2.38. The number of imide groups is 1. The monoisotopic (exact) mass is 493 g/mol. The molecule has 3 rings (SSSR count). The average molecular weight is 494 g/mol. The summed E-state index contributed by atoms with van der Waals surface area (Å²) in [5.74, 6) is 0.361. The molecule has 30 heavy (non-hydrogen) atoms. The highest BCUT2D eigenvalue weighted by molar-refractivity contribution is 9.10. The molecule has 0 bridgehead atoms. The number of carbonyl (C=O) groups excluding carboxylic acids is 2. The van der Waals surface area contributed by atoms with Crippen molar-refractivity contribution >= 4 is 44.9 Å². The van der Waals surface area contributed by atoms with E-state index in [-0.39, 0.29) is 23.6 Å². The van der Waals surface area contributed by atoms with E-state index < -0.39 is 0 Å². The largest absolute Gasteiger partial charge is 0.490 e. The quantitative estimate of drug-likeness (QED) is 0.421. The van der Waals surface area contributed by atoms with E-state index in [4.69, 9.17) is 9.47 Å². The van der Waals surface area contributed by atoms with Crippen LogP contribution in [0, 0.1) is 5.82 Å². The van der Waals surface area contributed by atoms with Gasteiger partial charge in [-0.25, -0.2) is 4.39 Å². The van der Waals surface area contributed by atoms with Gasteiger partial charge >= 0.3 is 0 Å². The lowest BCUT2D eigenvalue weighted by atomic mass is 10.1. The third kappa shape index (κ3) is 5.23. The molecule has 2 aromatic carbocycles. The molecule has 1 heterocycles. The first-order chi connectivity index (χ1) is 14.4. The second kappa shape index (κ2) is 10.1. The third-order valence-corrected chi connectivity index (χ3v) is 5.72. The number of ether oxygens (including phenoxy) is 2. The van der Waals surface area contributed by atoms with E-state index in [1.165, 1.54) is 17.0 Å². The minimum Gasteiger partial charge on any atom is -0.490 e. The number of benzene rings is 2. The smallest absolute Gasteiger partial charge is 0.293 e. The zero-order valence-corrected chi connectivity index (χ0v) is 19.0. The van der Waals surface area contributed by atoms with Gasteiger partial charge in [0.25, 0.3) is 11.1 Å². The van der Waals surface area contributed by atoms with Crippen LogP contribution in [0.3, 0.4) is 0 Å². The van der Waals surface area contributed by atoms with Crippen LogP contribution in [-0.2, 0) is 11.4 Å². The van der Waals surface area contributed by atoms with Gasteiger partial charge in [-0.1, -0.05) is 19.1 Å². The van der Waals surface area contributed by atoms with Crippen molar-refractivity contribution in [2.24, 2.45) is 0 Å². The highest BCUT2D eigenvalue weighted by Crippen LogP contribution is 2.39. The summed E-state index contributed by atoms with van der Waals surface area (Å²) >= 11 is 4.42. The third-order valence-electron chi connectivity index (χ3n) is 4.22. The fraction of sp³-hybridized carbons (Fsp3) is 0.273. The van der Waals surface area contributed by atoms with Crippen LogP contribution < -0.4 is 9.47 Å². The maximum atomic E-state index is 13.4. The normalized spacial score (nSPS) is 15.2. The van der Waals surface area contributed by atoms with Crippen LogP contribution in [-0.4, -0.2) is 29.2 Å². The van der Waals surface area contributed by atoms with E-state index in [1.807, 2.05) is 13.8 Å². The lowest BCUT2D eigenvalue weighted by Gasteiger charge is -2.15. The van der Waals surface area contributed by atoms with Crippen molar-refractivity contribution in [1.29, 1.82) is 0 Å². The minimum absolute atomic E-state index is 0.172. The first-order valence-electron chi connectivity index (χ1n) is 9.51. The Morgan fingerprint density at radius 1 is 1.17 bits per heavy atom. The topological polar surface area (TPSA) is 55.8 Å². The Morgan fingerprint density at radius 3 is 2.67 bits per heavy atom. The van der Waals surface area contributed by atoms with Crippen LogP contribution in [0.4, 0.5) is 9.18 Å². The van der Waals surface area contributed by atoms with Crippen LogP contribution in [0.5, 0.6) is 11.5 Å². The van der Waals surface area contributed by atoms with E-state index in [2.05, 4.69) is 15.9 Å². The van der Waals surface area contributed by atoms with Gasteiger partial charge in [0.15, 0.2) is 11.5 Å². The Bertz CT molecular complexity index is 995. The molecule has 0 saturated carbocycles. The lowest BCUT2D eigenvalue weighted by Crippen LogP contribution is -2.28. The first-order valence-corrected chi connectivity index (χ1v) is 11.1. The van der Waals surface area contributed by atoms with Gasteiger partial charge in [-0.3, -0.25) is 14.5 Å². The number of rotatable bonds is 8. The van der Waals surface area contributed by atoms with E-state index in [1.54, 1.807) is 30.3 Å². The maximum absolute atomic E-state index is 13.4. The summed E-state index contributed by atoms with van der Waals surface area (Å²) in [7, 11) is 0. The molecule has 1 aliphatic heterocycles. The molecule has 1 aliphatic rings. The molecule has 0 aromatic heterocycles. The Balaban J connectivity index is 1.86. The Morgan fingerprint density at radius 2 is 1.97 bits per heavy atom. The summed E-state index contributed by atoms with van der Waals surface area (Å²) < 4.78 is 25.6. The molecular formula is C22H21BrFNO4S. The van der Waals surface area contributed by atoms with Crippen LogP contribution in [0.1, 0.15) is 31.4 Å².